The number of carbonyl (C=O) groups is 1. The Morgan fingerprint density at radius 2 is 1.70 bits per heavy atom. The minimum atomic E-state index is -3.89. The summed E-state index contributed by atoms with van der Waals surface area (Å²) in [4.78, 5) is 16.2. The molecule has 0 aliphatic rings. The molecule has 0 unspecified atom stereocenters. The van der Waals surface area contributed by atoms with Gasteiger partial charge in [0.1, 0.15) is 0 Å². The molecular formula is C18H13Cl2N3O3S. The quantitative estimate of drug-likeness (QED) is 0.636. The van der Waals surface area contributed by atoms with E-state index in [2.05, 4.69) is 15.0 Å². The number of hydrogen-bond acceptors (Lipinski definition) is 4. The maximum absolute atomic E-state index is 12.5. The molecule has 2 N–H and O–H groups in total. The Labute approximate surface area is 166 Å². The Morgan fingerprint density at radius 1 is 0.926 bits per heavy atom. The van der Waals surface area contributed by atoms with Crippen LogP contribution in [-0.4, -0.2) is 19.3 Å². The zero-order chi connectivity index (χ0) is 19.4. The van der Waals surface area contributed by atoms with Gasteiger partial charge in [0.05, 0.1) is 26.8 Å². The summed E-state index contributed by atoms with van der Waals surface area (Å²) in [5.74, 6) is -0.390. The molecule has 0 aliphatic heterocycles. The van der Waals surface area contributed by atoms with Gasteiger partial charge in [-0.3, -0.25) is 14.5 Å². The summed E-state index contributed by atoms with van der Waals surface area (Å²) in [5.41, 5.74) is 1.05. The van der Waals surface area contributed by atoms with Crippen molar-refractivity contribution in [1.29, 1.82) is 0 Å². The van der Waals surface area contributed by atoms with E-state index >= 15 is 0 Å². The molecule has 9 heteroatoms. The van der Waals surface area contributed by atoms with Crippen molar-refractivity contribution in [1.82, 2.24) is 4.98 Å². The molecule has 0 fully saturated rings. The number of hydrogen-bond donors (Lipinski definition) is 2. The summed E-state index contributed by atoms with van der Waals surface area (Å²) in [6.07, 6.45) is 3.10. The number of sulfonamides is 1. The molecule has 0 atom stereocenters. The van der Waals surface area contributed by atoms with Crippen molar-refractivity contribution >= 4 is 50.5 Å². The lowest BCUT2D eigenvalue weighted by atomic mass is 10.2. The number of pyridine rings is 1. The van der Waals surface area contributed by atoms with Gasteiger partial charge in [-0.15, -0.1) is 0 Å². The van der Waals surface area contributed by atoms with Crippen LogP contribution in [0.2, 0.25) is 10.0 Å². The van der Waals surface area contributed by atoms with Crippen LogP contribution in [0.5, 0.6) is 0 Å². The molecule has 6 nitrogen and oxygen atoms in total. The lowest BCUT2D eigenvalue weighted by molar-refractivity contribution is 0.102. The van der Waals surface area contributed by atoms with Crippen molar-refractivity contribution in [3.8, 4) is 0 Å². The van der Waals surface area contributed by atoms with Crippen molar-refractivity contribution in [2.24, 2.45) is 0 Å². The highest BCUT2D eigenvalue weighted by atomic mass is 35.5. The third kappa shape index (κ3) is 4.77. The van der Waals surface area contributed by atoms with Crippen molar-refractivity contribution in [2.75, 3.05) is 10.0 Å². The van der Waals surface area contributed by atoms with Gasteiger partial charge in [0.25, 0.3) is 15.9 Å². The van der Waals surface area contributed by atoms with E-state index in [0.717, 1.165) is 0 Å². The van der Waals surface area contributed by atoms with Crippen molar-refractivity contribution in [2.45, 2.75) is 4.90 Å². The number of aromatic nitrogens is 1. The summed E-state index contributed by atoms with van der Waals surface area (Å²) >= 11 is 11.7. The number of halogens is 2. The van der Waals surface area contributed by atoms with Gasteiger partial charge < -0.3 is 5.32 Å². The molecule has 0 radical (unpaired) electrons. The predicted octanol–water partition coefficient (Wildman–Crippen LogP) is 4.44. The van der Waals surface area contributed by atoms with Crippen molar-refractivity contribution in [3.05, 3.63) is 82.6 Å². The van der Waals surface area contributed by atoms with Gasteiger partial charge in [0.2, 0.25) is 0 Å². The molecule has 27 heavy (non-hydrogen) atoms. The number of amides is 1. The predicted molar refractivity (Wildman–Crippen MR) is 106 cm³/mol. The smallest absolute Gasteiger partial charge is 0.261 e. The maximum Gasteiger partial charge on any atom is 0.261 e. The normalized spacial score (nSPS) is 11.0. The van der Waals surface area contributed by atoms with Gasteiger partial charge in [-0.1, -0.05) is 29.3 Å². The average Bonchev–Trinajstić information content (AvgIpc) is 2.64. The Balaban J connectivity index is 1.80. The van der Waals surface area contributed by atoms with Crippen LogP contribution in [0.3, 0.4) is 0 Å². The minimum Gasteiger partial charge on any atom is -0.321 e. The largest absolute Gasteiger partial charge is 0.321 e. The molecule has 2 aromatic carbocycles. The molecule has 1 heterocycles. The monoisotopic (exact) mass is 421 g/mol. The summed E-state index contributed by atoms with van der Waals surface area (Å²) in [6.45, 7) is 0. The van der Waals surface area contributed by atoms with E-state index in [-0.39, 0.29) is 26.2 Å². The summed E-state index contributed by atoms with van der Waals surface area (Å²) in [5, 5.41) is 3.07. The molecule has 3 rings (SSSR count). The van der Waals surface area contributed by atoms with Crippen LogP contribution in [0.4, 0.5) is 11.4 Å². The van der Waals surface area contributed by atoms with Gasteiger partial charge in [-0.25, -0.2) is 8.42 Å². The second-order valence-electron chi connectivity index (χ2n) is 5.46. The molecule has 138 valence electrons. The van der Waals surface area contributed by atoms with Gasteiger partial charge in [-0.05, 0) is 48.5 Å². The molecule has 0 saturated heterocycles. The zero-order valence-corrected chi connectivity index (χ0v) is 16.0. The Kier molecular flexibility index (Phi) is 5.65. The van der Waals surface area contributed by atoms with Crippen molar-refractivity contribution < 1.29 is 13.2 Å². The number of nitrogens with zero attached hydrogens (tertiary/aromatic N) is 1. The number of anilines is 2. The first kappa shape index (κ1) is 19.2. The first-order valence-corrected chi connectivity index (χ1v) is 9.88. The lowest BCUT2D eigenvalue weighted by Gasteiger charge is -2.10. The van der Waals surface area contributed by atoms with Gasteiger partial charge >= 0.3 is 0 Å². The second-order valence-corrected chi connectivity index (χ2v) is 7.95. The number of nitrogens with one attached hydrogen (secondary N) is 2. The SMILES string of the molecule is O=C(Nc1cccnc1)c1cccc(NS(=O)(=O)c2ccc(Cl)c(Cl)c2)c1. The maximum atomic E-state index is 12.5. The van der Waals surface area contributed by atoms with Gasteiger partial charge in [0.15, 0.2) is 0 Å². The van der Waals surface area contributed by atoms with E-state index in [4.69, 9.17) is 23.2 Å². The molecule has 0 saturated carbocycles. The molecule has 1 amide bonds. The number of carbonyl (C=O) groups excluding carboxylic acids is 1. The standard InChI is InChI=1S/C18H13Cl2N3O3S/c19-16-7-6-15(10-17(16)20)27(25,26)23-13-4-1-3-12(9-13)18(24)22-14-5-2-8-21-11-14/h1-11,23H,(H,22,24). The fourth-order valence-corrected chi connectivity index (χ4v) is 3.66. The Morgan fingerprint density at radius 3 is 2.41 bits per heavy atom. The van der Waals surface area contributed by atoms with Crippen LogP contribution in [0.1, 0.15) is 10.4 Å². The fraction of sp³-hybridized carbons (Fsp3) is 0. The van der Waals surface area contributed by atoms with E-state index in [9.17, 15) is 13.2 Å². The summed E-state index contributed by atoms with van der Waals surface area (Å²) in [7, 11) is -3.89. The van der Waals surface area contributed by atoms with E-state index in [1.807, 2.05) is 0 Å². The molecule has 0 aliphatic carbocycles. The molecular weight excluding hydrogens is 409 g/mol. The first-order chi connectivity index (χ1) is 12.8. The average molecular weight is 422 g/mol. The first-order valence-electron chi connectivity index (χ1n) is 7.64. The van der Waals surface area contributed by atoms with Crippen LogP contribution in [-0.2, 0) is 10.0 Å². The summed E-state index contributed by atoms with van der Waals surface area (Å²) in [6, 6.07) is 13.5. The van der Waals surface area contributed by atoms with Crippen LogP contribution >= 0.6 is 23.2 Å². The van der Waals surface area contributed by atoms with Crippen LogP contribution in [0.25, 0.3) is 0 Å². The highest BCUT2D eigenvalue weighted by Crippen LogP contribution is 2.26. The van der Waals surface area contributed by atoms with E-state index in [1.54, 1.807) is 30.5 Å². The molecule has 0 bridgehead atoms. The van der Waals surface area contributed by atoms with E-state index in [0.29, 0.717) is 5.69 Å². The number of rotatable bonds is 5. The number of benzene rings is 2. The molecule has 0 spiro atoms. The second kappa shape index (κ2) is 7.96. The topological polar surface area (TPSA) is 88.2 Å². The van der Waals surface area contributed by atoms with E-state index < -0.39 is 15.9 Å². The molecule has 1 aromatic heterocycles. The fourth-order valence-electron chi connectivity index (χ4n) is 2.22. The highest BCUT2D eigenvalue weighted by Gasteiger charge is 2.16. The van der Waals surface area contributed by atoms with Gasteiger partial charge in [-0.2, -0.15) is 0 Å². The van der Waals surface area contributed by atoms with Crippen LogP contribution in [0.15, 0.2) is 71.9 Å². The van der Waals surface area contributed by atoms with Crippen molar-refractivity contribution in [3.63, 3.8) is 0 Å². The third-order valence-corrected chi connectivity index (χ3v) is 5.62. The summed E-state index contributed by atoms with van der Waals surface area (Å²) < 4.78 is 27.4. The zero-order valence-electron chi connectivity index (χ0n) is 13.7. The lowest BCUT2D eigenvalue weighted by Crippen LogP contribution is -2.15. The van der Waals surface area contributed by atoms with Crippen LogP contribution < -0.4 is 10.0 Å². The Hall–Kier alpha value is -2.61. The van der Waals surface area contributed by atoms with Gasteiger partial charge in [0, 0.05) is 17.4 Å². The third-order valence-electron chi connectivity index (χ3n) is 3.50. The van der Waals surface area contributed by atoms with E-state index in [1.165, 1.54) is 36.5 Å². The Bertz CT molecular complexity index is 1090. The minimum absolute atomic E-state index is 0.0397. The van der Waals surface area contributed by atoms with Crippen LogP contribution in [0, 0.1) is 0 Å². The highest BCUT2D eigenvalue weighted by molar-refractivity contribution is 7.92. The molecule has 3 aromatic rings.